The number of nitrogens with one attached hydrogen (secondary N) is 1. The highest BCUT2D eigenvalue weighted by atomic mass is 16.5. The van der Waals surface area contributed by atoms with Gasteiger partial charge in [-0.15, -0.1) is 5.10 Å². The molecule has 0 saturated carbocycles. The van der Waals surface area contributed by atoms with Crippen molar-refractivity contribution in [3.8, 4) is 22.9 Å². The Hall–Kier alpha value is -4.45. The van der Waals surface area contributed by atoms with Crippen molar-refractivity contribution in [3.63, 3.8) is 0 Å². The molecule has 0 atom stereocenters. The van der Waals surface area contributed by atoms with Gasteiger partial charge in [-0.3, -0.25) is 4.98 Å². The van der Waals surface area contributed by atoms with Gasteiger partial charge in [0.2, 0.25) is 0 Å². The van der Waals surface area contributed by atoms with Crippen molar-refractivity contribution < 1.29 is 4.74 Å². The second kappa shape index (κ2) is 7.91. The number of anilines is 2. The molecule has 5 heterocycles. The lowest BCUT2D eigenvalue weighted by Gasteiger charge is -2.18. The summed E-state index contributed by atoms with van der Waals surface area (Å²) in [6.07, 6.45) is 7.12. The molecular formula is C24H22N8O. The van der Waals surface area contributed by atoms with E-state index in [9.17, 15) is 5.26 Å². The van der Waals surface area contributed by atoms with Gasteiger partial charge in [0.1, 0.15) is 12.4 Å². The van der Waals surface area contributed by atoms with Crippen molar-refractivity contribution in [2.24, 2.45) is 5.41 Å². The van der Waals surface area contributed by atoms with E-state index >= 15 is 0 Å². The molecule has 5 aromatic rings. The van der Waals surface area contributed by atoms with E-state index in [1.807, 2.05) is 63.4 Å². The zero-order valence-electron chi connectivity index (χ0n) is 18.5. The molecule has 1 N–H and O–H groups in total. The first kappa shape index (κ1) is 20.5. The molecule has 0 aliphatic heterocycles. The van der Waals surface area contributed by atoms with Crippen LogP contribution in [-0.4, -0.2) is 35.8 Å². The fourth-order valence-electron chi connectivity index (χ4n) is 3.41. The van der Waals surface area contributed by atoms with Gasteiger partial charge in [-0.05, 0) is 56.7 Å². The summed E-state index contributed by atoms with van der Waals surface area (Å²) in [6.45, 7) is 5.91. The Morgan fingerprint density at radius 2 is 1.88 bits per heavy atom. The van der Waals surface area contributed by atoms with E-state index in [4.69, 9.17) is 4.74 Å². The molecule has 5 aromatic heterocycles. The highest BCUT2D eigenvalue weighted by Crippen LogP contribution is 2.32. The Bertz CT molecular complexity index is 1510. The molecule has 33 heavy (non-hydrogen) atoms. The summed E-state index contributed by atoms with van der Waals surface area (Å²) >= 11 is 0. The summed E-state index contributed by atoms with van der Waals surface area (Å²) < 4.78 is 9.50. The maximum Gasteiger partial charge on any atom is 0.154 e. The molecule has 9 heteroatoms. The Morgan fingerprint density at radius 3 is 2.73 bits per heavy atom. The van der Waals surface area contributed by atoms with Crippen LogP contribution in [0.2, 0.25) is 0 Å². The number of aromatic nitrogens is 6. The molecule has 0 bridgehead atoms. The standard InChI is InChI=1S/C24H22N8O/c1-16-10-19(20(13-27-16)33-15-24(2,3)14-25)17-6-8-31-18(11-17)12-22(30-31)28-21-4-5-23-26-7-9-32(23)29-21/h4-13H,15H2,1-3H3,(H,28,29,30). The average Bonchev–Trinajstić information content (AvgIpc) is 3.43. The number of nitrogens with zero attached hydrogens (tertiary/aromatic N) is 7. The molecule has 0 aliphatic rings. The van der Waals surface area contributed by atoms with Crippen molar-refractivity contribution in [1.29, 1.82) is 5.26 Å². The highest BCUT2D eigenvalue weighted by molar-refractivity contribution is 5.75. The fourth-order valence-corrected chi connectivity index (χ4v) is 3.41. The fraction of sp³-hybridized carbons (Fsp3) is 0.208. The van der Waals surface area contributed by atoms with Gasteiger partial charge in [-0.1, -0.05) is 0 Å². The van der Waals surface area contributed by atoms with Gasteiger partial charge in [0.15, 0.2) is 17.3 Å². The van der Waals surface area contributed by atoms with Crippen LogP contribution >= 0.6 is 0 Å². The lowest BCUT2D eigenvalue weighted by Crippen LogP contribution is -2.19. The predicted octanol–water partition coefficient (Wildman–Crippen LogP) is 4.42. The van der Waals surface area contributed by atoms with Crippen molar-refractivity contribution >= 4 is 22.8 Å². The Balaban J connectivity index is 1.45. The van der Waals surface area contributed by atoms with Crippen LogP contribution in [0.1, 0.15) is 19.5 Å². The van der Waals surface area contributed by atoms with E-state index in [0.717, 1.165) is 28.0 Å². The van der Waals surface area contributed by atoms with Crippen molar-refractivity contribution in [3.05, 3.63) is 66.9 Å². The summed E-state index contributed by atoms with van der Waals surface area (Å²) in [5.74, 6) is 1.99. The summed E-state index contributed by atoms with van der Waals surface area (Å²) in [5, 5.41) is 21.6. The molecule has 0 unspecified atom stereocenters. The van der Waals surface area contributed by atoms with Crippen LogP contribution < -0.4 is 10.1 Å². The Labute approximate surface area is 190 Å². The van der Waals surface area contributed by atoms with E-state index in [-0.39, 0.29) is 6.61 Å². The number of pyridine rings is 2. The van der Waals surface area contributed by atoms with Gasteiger partial charge < -0.3 is 10.1 Å². The SMILES string of the molecule is Cc1cc(-c2ccn3nc(Nc4ccc5nccn5n4)cc3c2)c(OCC(C)(C)C#N)cn1. The van der Waals surface area contributed by atoms with Crippen molar-refractivity contribution in [1.82, 2.24) is 29.2 Å². The third kappa shape index (κ3) is 4.19. The molecule has 0 spiro atoms. The van der Waals surface area contributed by atoms with Crippen LogP contribution in [0.15, 0.2) is 61.2 Å². The lowest BCUT2D eigenvalue weighted by atomic mass is 9.97. The van der Waals surface area contributed by atoms with E-state index in [1.54, 1.807) is 27.6 Å². The molecule has 5 rings (SSSR count). The minimum Gasteiger partial charge on any atom is -0.490 e. The zero-order valence-corrected chi connectivity index (χ0v) is 18.5. The van der Waals surface area contributed by atoms with Gasteiger partial charge in [0.05, 0.1) is 23.2 Å². The molecule has 0 fully saturated rings. The summed E-state index contributed by atoms with van der Waals surface area (Å²) in [5.41, 5.74) is 3.88. The first-order valence-corrected chi connectivity index (χ1v) is 10.5. The quantitative estimate of drug-likeness (QED) is 0.418. The molecule has 0 aromatic carbocycles. The Kier molecular flexibility index (Phi) is 4.90. The number of imidazole rings is 1. The number of fused-ring (bicyclic) bond motifs is 2. The lowest BCUT2D eigenvalue weighted by molar-refractivity contribution is 0.227. The molecule has 0 saturated heterocycles. The van der Waals surface area contributed by atoms with E-state index in [2.05, 4.69) is 31.6 Å². The monoisotopic (exact) mass is 438 g/mol. The number of hydrogen-bond acceptors (Lipinski definition) is 7. The normalized spacial score (nSPS) is 11.6. The average molecular weight is 438 g/mol. The number of hydrogen-bond donors (Lipinski definition) is 1. The number of aryl methyl sites for hydroxylation is 1. The first-order chi connectivity index (χ1) is 15.9. The van der Waals surface area contributed by atoms with Crippen molar-refractivity contribution in [2.45, 2.75) is 20.8 Å². The minimum atomic E-state index is -0.591. The van der Waals surface area contributed by atoms with Gasteiger partial charge in [-0.2, -0.15) is 10.4 Å². The maximum absolute atomic E-state index is 9.30. The van der Waals surface area contributed by atoms with Gasteiger partial charge in [0.25, 0.3) is 0 Å². The smallest absolute Gasteiger partial charge is 0.154 e. The first-order valence-electron chi connectivity index (χ1n) is 10.5. The third-order valence-corrected chi connectivity index (χ3v) is 5.18. The van der Waals surface area contributed by atoms with E-state index < -0.39 is 5.41 Å². The van der Waals surface area contributed by atoms with Gasteiger partial charge in [0, 0.05) is 35.9 Å². The van der Waals surface area contributed by atoms with Crippen LogP contribution in [0.4, 0.5) is 11.6 Å². The number of ether oxygens (including phenoxy) is 1. The summed E-state index contributed by atoms with van der Waals surface area (Å²) in [7, 11) is 0. The second-order valence-corrected chi connectivity index (χ2v) is 8.49. The molecule has 164 valence electrons. The van der Waals surface area contributed by atoms with Crippen LogP contribution in [0, 0.1) is 23.7 Å². The van der Waals surface area contributed by atoms with E-state index in [1.165, 1.54) is 0 Å². The third-order valence-electron chi connectivity index (χ3n) is 5.18. The van der Waals surface area contributed by atoms with Crippen molar-refractivity contribution in [2.75, 3.05) is 11.9 Å². The largest absolute Gasteiger partial charge is 0.490 e. The van der Waals surface area contributed by atoms with Gasteiger partial charge >= 0.3 is 0 Å². The molecular weight excluding hydrogens is 416 g/mol. The summed E-state index contributed by atoms with van der Waals surface area (Å²) in [6, 6.07) is 14.0. The predicted molar refractivity (Wildman–Crippen MR) is 124 cm³/mol. The topological polar surface area (TPSA) is 105 Å². The zero-order chi connectivity index (χ0) is 23.0. The molecule has 0 radical (unpaired) electrons. The summed E-state index contributed by atoms with van der Waals surface area (Å²) in [4.78, 5) is 8.58. The van der Waals surface area contributed by atoms with E-state index in [0.29, 0.717) is 17.4 Å². The van der Waals surface area contributed by atoms with Gasteiger partial charge in [-0.25, -0.2) is 14.0 Å². The number of nitriles is 1. The van der Waals surface area contributed by atoms with Crippen LogP contribution in [0.3, 0.4) is 0 Å². The maximum atomic E-state index is 9.30. The molecule has 0 amide bonds. The van der Waals surface area contributed by atoms with Crippen LogP contribution in [0.25, 0.3) is 22.3 Å². The number of rotatable bonds is 6. The minimum absolute atomic E-state index is 0.276. The molecule has 9 nitrogen and oxygen atoms in total. The second-order valence-electron chi connectivity index (χ2n) is 8.49. The van der Waals surface area contributed by atoms with Crippen LogP contribution in [0.5, 0.6) is 5.75 Å². The molecule has 0 aliphatic carbocycles. The highest BCUT2D eigenvalue weighted by Gasteiger charge is 2.19. The van der Waals surface area contributed by atoms with Crippen LogP contribution in [-0.2, 0) is 0 Å². The Morgan fingerprint density at radius 1 is 1.03 bits per heavy atom.